The van der Waals surface area contributed by atoms with Crippen LogP contribution in [0.5, 0.6) is 0 Å². The fraction of sp³-hybridized carbons (Fsp3) is 1.00. The zero-order valence-corrected chi connectivity index (χ0v) is 13.8. The number of nitrogens with two attached hydrogens (primary N) is 1. The fourth-order valence-corrected chi connectivity index (χ4v) is 6.02. The molecule has 0 spiro atoms. The molecule has 2 aliphatic carbocycles. The van der Waals surface area contributed by atoms with Gasteiger partial charge >= 0.3 is 0 Å². The van der Waals surface area contributed by atoms with Gasteiger partial charge in [0.25, 0.3) is 0 Å². The van der Waals surface area contributed by atoms with Crippen LogP contribution < -0.4 is 5.73 Å². The number of hydrogen-bond donors (Lipinski definition) is 2. The summed E-state index contributed by atoms with van der Waals surface area (Å²) in [6.45, 7) is 4.85. The molecule has 5 heteroatoms. The predicted octanol–water partition coefficient (Wildman–Crippen LogP) is 1.86. The Morgan fingerprint density at radius 3 is 2.15 bits per heavy atom. The van der Waals surface area contributed by atoms with Crippen molar-refractivity contribution in [1.82, 2.24) is 0 Å². The molecular weight excluding hydrogens is 274 g/mol. The number of sulfone groups is 1. The van der Waals surface area contributed by atoms with Crippen LogP contribution in [0.2, 0.25) is 0 Å². The van der Waals surface area contributed by atoms with Crippen molar-refractivity contribution in [3.63, 3.8) is 0 Å². The molecule has 2 aliphatic rings. The normalized spacial score (nSPS) is 37.0. The SMILES string of the molecule is CC1(C)CCC(CN)(C2(O)CCCC2S(C)(=O)=O)CC1. The average molecular weight is 303 g/mol. The van der Waals surface area contributed by atoms with E-state index in [0.717, 1.165) is 32.1 Å². The van der Waals surface area contributed by atoms with Gasteiger partial charge in [0.1, 0.15) is 0 Å². The van der Waals surface area contributed by atoms with Crippen LogP contribution in [0.25, 0.3) is 0 Å². The maximum Gasteiger partial charge on any atom is 0.153 e. The molecule has 4 nitrogen and oxygen atoms in total. The first-order valence-electron chi connectivity index (χ1n) is 7.68. The van der Waals surface area contributed by atoms with E-state index in [-0.39, 0.29) is 5.41 Å². The Hall–Kier alpha value is -0.130. The first-order chi connectivity index (χ1) is 9.06. The third kappa shape index (κ3) is 2.53. The molecule has 0 aliphatic heterocycles. The molecule has 2 unspecified atom stereocenters. The van der Waals surface area contributed by atoms with Crippen molar-refractivity contribution in [2.75, 3.05) is 12.8 Å². The zero-order chi connectivity index (χ0) is 15.2. The van der Waals surface area contributed by atoms with Crippen LogP contribution in [0, 0.1) is 10.8 Å². The van der Waals surface area contributed by atoms with Crippen LogP contribution in [0.4, 0.5) is 0 Å². The van der Waals surface area contributed by atoms with Crippen molar-refractivity contribution >= 4 is 9.84 Å². The van der Waals surface area contributed by atoms with Crippen molar-refractivity contribution in [2.45, 2.75) is 69.6 Å². The van der Waals surface area contributed by atoms with Gasteiger partial charge in [0, 0.05) is 18.2 Å². The van der Waals surface area contributed by atoms with Gasteiger partial charge in [-0.25, -0.2) is 8.42 Å². The van der Waals surface area contributed by atoms with Gasteiger partial charge < -0.3 is 10.8 Å². The van der Waals surface area contributed by atoms with E-state index in [0.29, 0.717) is 19.4 Å². The molecule has 2 rings (SSSR count). The third-order valence-corrected chi connectivity index (χ3v) is 7.60. The first kappa shape index (κ1) is 16.2. The maximum absolute atomic E-state index is 12.1. The van der Waals surface area contributed by atoms with E-state index in [1.165, 1.54) is 6.26 Å². The number of rotatable bonds is 3. The Kier molecular flexibility index (Phi) is 4.03. The number of hydrogen-bond acceptors (Lipinski definition) is 4. The van der Waals surface area contributed by atoms with Crippen molar-refractivity contribution in [3.8, 4) is 0 Å². The van der Waals surface area contributed by atoms with Crippen molar-refractivity contribution in [1.29, 1.82) is 0 Å². The summed E-state index contributed by atoms with van der Waals surface area (Å²) in [6.07, 6.45) is 6.84. The van der Waals surface area contributed by atoms with E-state index in [4.69, 9.17) is 5.73 Å². The van der Waals surface area contributed by atoms with Gasteiger partial charge in [-0.1, -0.05) is 13.8 Å². The van der Waals surface area contributed by atoms with Gasteiger partial charge in [-0.3, -0.25) is 0 Å². The van der Waals surface area contributed by atoms with Gasteiger partial charge in [0.05, 0.1) is 10.9 Å². The van der Waals surface area contributed by atoms with Crippen LogP contribution in [0.15, 0.2) is 0 Å². The van der Waals surface area contributed by atoms with E-state index < -0.39 is 26.1 Å². The second kappa shape index (κ2) is 4.96. The zero-order valence-electron chi connectivity index (χ0n) is 13.0. The summed E-state index contributed by atoms with van der Waals surface area (Å²) in [4.78, 5) is 0. The minimum absolute atomic E-state index is 0.272. The highest BCUT2D eigenvalue weighted by atomic mass is 32.2. The first-order valence-corrected chi connectivity index (χ1v) is 9.63. The Balaban J connectivity index is 2.35. The summed E-state index contributed by atoms with van der Waals surface area (Å²) in [5, 5.41) is 10.6. The van der Waals surface area contributed by atoms with Gasteiger partial charge in [0.15, 0.2) is 9.84 Å². The summed E-state index contributed by atoms with van der Waals surface area (Å²) in [5.41, 5.74) is 4.76. The van der Waals surface area contributed by atoms with Gasteiger partial charge in [0.2, 0.25) is 0 Å². The molecule has 2 fully saturated rings. The van der Waals surface area contributed by atoms with Gasteiger partial charge in [-0.05, 0) is 50.4 Å². The summed E-state index contributed by atoms with van der Waals surface area (Å²) in [6, 6.07) is 0. The fourth-order valence-electron chi connectivity index (χ4n) is 4.35. The Morgan fingerprint density at radius 2 is 1.70 bits per heavy atom. The standard InChI is InChI=1S/C15H29NO3S/c1-13(2)7-9-14(11-16,10-8-13)15(17)6-4-5-12(15)20(3,18)19/h12,17H,4-11,16H2,1-3H3. The summed E-state index contributed by atoms with van der Waals surface area (Å²) >= 11 is 0. The lowest BCUT2D eigenvalue weighted by molar-refractivity contribution is -0.104. The second-order valence-electron chi connectivity index (χ2n) is 7.78. The monoisotopic (exact) mass is 303 g/mol. The third-order valence-electron chi connectivity index (χ3n) is 5.94. The Morgan fingerprint density at radius 1 is 1.15 bits per heavy atom. The summed E-state index contributed by atoms with van der Waals surface area (Å²) in [5.74, 6) is 0. The summed E-state index contributed by atoms with van der Waals surface area (Å²) in [7, 11) is -3.24. The Labute approximate surface area is 123 Å². The smallest absolute Gasteiger partial charge is 0.153 e. The van der Waals surface area contributed by atoms with E-state index in [1.54, 1.807) is 0 Å². The largest absolute Gasteiger partial charge is 0.388 e. The minimum Gasteiger partial charge on any atom is -0.388 e. The van der Waals surface area contributed by atoms with Gasteiger partial charge in [-0.2, -0.15) is 0 Å². The lowest BCUT2D eigenvalue weighted by Crippen LogP contribution is -2.60. The second-order valence-corrected chi connectivity index (χ2v) is 10.0. The molecule has 3 N–H and O–H groups in total. The highest BCUT2D eigenvalue weighted by molar-refractivity contribution is 7.91. The molecular formula is C15H29NO3S. The van der Waals surface area contributed by atoms with Crippen LogP contribution in [0.1, 0.15) is 58.8 Å². The molecule has 0 bridgehead atoms. The van der Waals surface area contributed by atoms with Crippen LogP contribution in [0.3, 0.4) is 0 Å². The molecule has 2 atom stereocenters. The highest BCUT2D eigenvalue weighted by Gasteiger charge is 2.60. The van der Waals surface area contributed by atoms with Crippen molar-refractivity contribution in [3.05, 3.63) is 0 Å². The molecule has 0 amide bonds. The quantitative estimate of drug-likeness (QED) is 0.834. The van der Waals surface area contributed by atoms with Gasteiger partial charge in [-0.15, -0.1) is 0 Å². The molecule has 2 saturated carbocycles. The van der Waals surface area contributed by atoms with Crippen LogP contribution in [-0.4, -0.2) is 37.2 Å². The lowest BCUT2D eigenvalue weighted by atomic mass is 9.57. The molecule has 0 heterocycles. The van der Waals surface area contributed by atoms with E-state index in [1.807, 2.05) is 0 Å². The lowest BCUT2D eigenvalue weighted by Gasteiger charge is -2.52. The highest BCUT2D eigenvalue weighted by Crippen LogP contribution is 2.56. The minimum atomic E-state index is -3.24. The average Bonchev–Trinajstić information content (AvgIpc) is 2.73. The van der Waals surface area contributed by atoms with Crippen LogP contribution >= 0.6 is 0 Å². The molecule has 0 aromatic heterocycles. The number of aliphatic hydroxyl groups is 1. The molecule has 20 heavy (non-hydrogen) atoms. The molecule has 0 radical (unpaired) electrons. The molecule has 0 aromatic rings. The van der Waals surface area contributed by atoms with E-state index in [2.05, 4.69) is 13.8 Å². The molecule has 118 valence electrons. The van der Waals surface area contributed by atoms with Crippen LogP contribution in [-0.2, 0) is 9.84 Å². The van der Waals surface area contributed by atoms with E-state index >= 15 is 0 Å². The van der Waals surface area contributed by atoms with Crippen molar-refractivity contribution < 1.29 is 13.5 Å². The van der Waals surface area contributed by atoms with E-state index in [9.17, 15) is 13.5 Å². The molecule has 0 saturated heterocycles. The van der Waals surface area contributed by atoms with Crippen molar-refractivity contribution in [2.24, 2.45) is 16.6 Å². The predicted molar refractivity (Wildman–Crippen MR) is 81.2 cm³/mol. The Bertz CT molecular complexity index is 462. The molecule has 0 aromatic carbocycles. The summed E-state index contributed by atoms with van der Waals surface area (Å²) < 4.78 is 24.2. The topological polar surface area (TPSA) is 80.4 Å². The maximum atomic E-state index is 12.1.